The first-order valence-corrected chi connectivity index (χ1v) is 6.72. The van der Waals surface area contributed by atoms with Gasteiger partial charge in [-0.3, -0.25) is 0 Å². The molecule has 0 aliphatic heterocycles. The van der Waals surface area contributed by atoms with Gasteiger partial charge in [0.15, 0.2) is 5.82 Å². The maximum Gasteiger partial charge on any atom is 0.164 e. The van der Waals surface area contributed by atoms with Gasteiger partial charge in [0.25, 0.3) is 0 Å². The summed E-state index contributed by atoms with van der Waals surface area (Å²) in [5, 5.41) is 8.35. The smallest absolute Gasteiger partial charge is 0.164 e. The van der Waals surface area contributed by atoms with E-state index < -0.39 is 0 Å². The highest BCUT2D eigenvalue weighted by Crippen LogP contribution is 2.24. The van der Waals surface area contributed by atoms with Crippen LogP contribution in [0.15, 0.2) is 28.7 Å². The summed E-state index contributed by atoms with van der Waals surface area (Å²) in [6, 6.07) is 8.32. The number of rotatable bonds is 3. The predicted octanol–water partition coefficient (Wildman–Crippen LogP) is 4.03. The fourth-order valence-corrected chi connectivity index (χ4v) is 2.20. The van der Waals surface area contributed by atoms with Gasteiger partial charge in [0.2, 0.25) is 0 Å². The Morgan fingerprint density at radius 3 is 2.41 bits per heavy atom. The molecule has 1 heterocycles. The van der Waals surface area contributed by atoms with E-state index in [0.717, 1.165) is 21.7 Å². The highest BCUT2D eigenvalue weighted by molar-refractivity contribution is 9.10. The highest BCUT2D eigenvalue weighted by atomic mass is 79.9. The van der Waals surface area contributed by atoms with Crippen molar-refractivity contribution in [1.82, 2.24) is 14.8 Å². The molecule has 0 aliphatic rings. The van der Waals surface area contributed by atoms with Crippen LogP contribution in [-0.2, 0) is 5.88 Å². The summed E-state index contributed by atoms with van der Waals surface area (Å²) in [6.07, 6.45) is 0. The average Bonchev–Trinajstić information content (AvgIpc) is 2.73. The van der Waals surface area contributed by atoms with E-state index in [2.05, 4.69) is 44.5 Å². The average molecular weight is 315 g/mol. The maximum absolute atomic E-state index is 5.87. The van der Waals surface area contributed by atoms with Gasteiger partial charge in [-0.05, 0) is 26.0 Å². The molecular formula is C12H13BrClN3. The summed E-state index contributed by atoms with van der Waals surface area (Å²) in [6.45, 7) is 4.20. The molecule has 0 spiro atoms. The van der Waals surface area contributed by atoms with Crippen LogP contribution in [0.3, 0.4) is 0 Å². The first-order chi connectivity index (χ1) is 8.13. The van der Waals surface area contributed by atoms with Gasteiger partial charge in [-0.1, -0.05) is 28.1 Å². The molecule has 0 N–H and O–H groups in total. The van der Waals surface area contributed by atoms with E-state index in [-0.39, 0.29) is 6.04 Å². The second-order valence-corrected chi connectivity index (χ2v) is 5.23. The van der Waals surface area contributed by atoms with Crippen LogP contribution in [0, 0.1) is 0 Å². The molecule has 0 amide bonds. The Bertz CT molecular complexity index is 505. The van der Waals surface area contributed by atoms with Crippen molar-refractivity contribution in [3.8, 4) is 11.4 Å². The zero-order valence-corrected chi connectivity index (χ0v) is 12.0. The zero-order chi connectivity index (χ0) is 12.4. The minimum Gasteiger partial charge on any atom is -0.307 e. The molecule has 1 aromatic heterocycles. The highest BCUT2D eigenvalue weighted by Gasteiger charge is 2.15. The van der Waals surface area contributed by atoms with Crippen LogP contribution in [0.4, 0.5) is 0 Å². The third-order valence-electron chi connectivity index (χ3n) is 2.50. The van der Waals surface area contributed by atoms with Gasteiger partial charge in [-0.25, -0.2) is 0 Å². The summed E-state index contributed by atoms with van der Waals surface area (Å²) in [4.78, 5) is 0. The van der Waals surface area contributed by atoms with E-state index in [9.17, 15) is 0 Å². The fourth-order valence-electron chi connectivity index (χ4n) is 1.75. The molecule has 2 aromatic rings. The van der Waals surface area contributed by atoms with Gasteiger partial charge in [0.05, 0.1) is 5.88 Å². The van der Waals surface area contributed by atoms with Gasteiger partial charge in [-0.2, -0.15) is 0 Å². The van der Waals surface area contributed by atoms with Crippen molar-refractivity contribution in [1.29, 1.82) is 0 Å². The Morgan fingerprint density at radius 2 is 1.88 bits per heavy atom. The number of hydrogen-bond donors (Lipinski definition) is 0. The topological polar surface area (TPSA) is 30.7 Å². The molecule has 0 atom stereocenters. The number of benzene rings is 1. The summed E-state index contributed by atoms with van der Waals surface area (Å²) in [5.41, 5.74) is 1.05. The van der Waals surface area contributed by atoms with E-state index in [1.54, 1.807) is 0 Å². The Morgan fingerprint density at radius 1 is 1.24 bits per heavy atom. The summed E-state index contributed by atoms with van der Waals surface area (Å²) in [7, 11) is 0. The number of hydrogen-bond acceptors (Lipinski definition) is 2. The minimum atomic E-state index is 0.289. The fraction of sp³-hybridized carbons (Fsp3) is 0.333. The van der Waals surface area contributed by atoms with E-state index >= 15 is 0 Å². The molecular weight excluding hydrogens is 302 g/mol. The van der Waals surface area contributed by atoms with Gasteiger partial charge < -0.3 is 4.57 Å². The number of aromatic nitrogens is 3. The lowest BCUT2D eigenvalue weighted by molar-refractivity contribution is 0.585. The molecule has 17 heavy (non-hydrogen) atoms. The van der Waals surface area contributed by atoms with Gasteiger partial charge in [0.1, 0.15) is 5.82 Å². The predicted molar refractivity (Wildman–Crippen MR) is 73.1 cm³/mol. The molecule has 0 aliphatic carbocycles. The van der Waals surface area contributed by atoms with Crippen molar-refractivity contribution >= 4 is 27.5 Å². The number of nitrogens with zero attached hydrogens (tertiary/aromatic N) is 3. The van der Waals surface area contributed by atoms with Crippen LogP contribution < -0.4 is 0 Å². The first kappa shape index (κ1) is 12.6. The molecule has 0 radical (unpaired) electrons. The largest absolute Gasteiger partial charge is 0.307 e. The van der Waals surface area contributed by atoms with Crippen LogP contribution in [0.2, 0.25) is 0 Å². The van der Waals surface area contributed by atoms with Crippen molar-refractivity contribution in [3.05, 3.63) is 34.6 Å². The number of alkyl halides is 1. The molecule has 2 rings (SSSR count). The van der Waals surface area contributed by atoms with Gasteiger partial charge >= 0.3 is 0 Å². The summed E-state index contributed by atoms with van der Waals surface area (Å²) >= 11 is 9.29. The van der Waals surface area contributed by atoms with E-state index in [4.69, 9.17) is 11.6 Å². The van der Waals surface area contributed by atoms with Crippen molar-refractivity contribution in [3.63, 3.8) is 0 Å². The Labute approximate surface area is 114 Å². The molecule has 90 valence electrons. The quantitative estimate of drug-likeness (QED) is 0.801. The van der Waals surface area contributed by atoms with Crippen molar-refractivity contribution < 1.29 is 0 Å². The van der Waals surface area contributed by atoms with Crippen LogP contribution in [0.5, 0.6) is 0 Å². The van der Waals surface area contributed by atoms with Gasteiger partial charge in [0, 0.05) is 16.1 Å². The van der Waals surface area contributed by atoms with Crippen molar-refractivity contribution in [2.45, 2.75) is 25.8 Å². The van der Waals surface area contributed by atoms with E-state index in [0.29, 0.717) is 5.88 Å². The Balaban J connectivity index is 2.51. The van der Waals surface area contributed by atoms with Gasteiger partial charge in [-0.15, -0.1) is 21.8 Å². The SMILES string of the molecule is CC(C)n1c(CCl)nnc1-c1ccc(Br)cc1. The molecule has 3 nitrogen and oxygen atoms in total. The molecule has 1 aromatic carbocycles. The summed E-state index contributed by atoms with van der Waals surface area (Å²) in [5.74, 6) is 2.05. The second kappa shape index (κ2) is 5.19. The molecule has 0 unspecified atom stereocenters. The molecule has 5 heteroatoms. The maximum atomic E-state index is 5.87. The Kier molecular flexibility index (Phi) is 3.84. The van der Waals surface area contributed by atoms with Crippen LogP contribution in [0.25, 0.3) is 11.4 Å². The first-order valence-electron chi connectivity index (χ1n) is 5.39. The zero-order valence-electron chi connectivity index (χ0n) is 9.69. The van der Waals surface area contributed by atoms with E-state index in [1.165, 1.54) is 0 Å². The third-order valence-corrected chi connectivity index (χ3v) is 3.27. The lowest BCUT2D eigenvalue weighted by Gasteiger charge is -2.12. The Hall–Kier alpha value is -0.870. The van der Waals surface area contributed by atoms with Crippen LogP contribution in [0.1, 0.15) is 25.7 Å². The molecule has 0 saturated heterocycles. The second-order valence-electron chi connectivity index (χ2n) is 4.04. The lowest BCUT2D eigenvalue weighted by Crippen LogP contribution is -2.06. The third kappa shape index (κ3) is 2.53. The minimum absolute atomic E-state index is 0.289. The lowest BCUT2D eigenvalue weighted by atomic mass is 10.2. The monoisotopic (exact) mass is 313 g/mol. The molecule has 0 fully saturated rings. The van der Waals surface area contributed by atoms with Crippen LogP contribution in [-0.4, -0.2) is 14.8 Å². The molecule has 0 saturated carbocycles. The standard InChI is InChI=1S/C12H13BrClN3/c1-8(2)17-11(7-14)15-16-12(17)9-3-5-10(13)6-4-9/h3-6,8H,7H2,1-2H3. The molecule has 0 bridgehead atoms. The van der Waals surface area contributed by atoms with E-state index in [1.807, 2.05) is 24.3 Å². The van der Waals surface area contributed by atoms with Crippen molar-refractivity contribution in [2.24, 2.45) is 0 Å². The number of halogens is 2. The van der Waals surface area contributed by atoms with Crippen molar-refractivity contribution in [2.75, 3.05) is 0 Å². The summed E-state index contributed by atoms with van der Waals surface area (Å²) < 4.78 is 3.12. The van der Waals surface area contributed by atoms with Crippen LogP contribution >= 0.6 is 27.5 Å². The normalized spacial score (nSPS) is 11.1.